The minimum atomic E-state index is -1.10. The Morgan fingerprint density at radius 1 is 1.09 bits per heavy atom. The Morgan fingerprint density at radius 3 is 2.62 bits per heavy atom. The molecule has 2 heterocycles. The lowest BCUT2D eigenvalue weighted by Gasteiger charge is -2.14. The second-order valence-electron chi connectivity index (χ2n) is 7.44. The van der Waals surface area contributed by atoms with E-state index in [1.54, 1.807) is 19.1 Å². The summed E-state index contributed by atoms with van der Waals surface area (Å²) in [5.74, 6) is -0.304. The van der Waals surface area contributed by atoms with Crippen LogP contribution in [0.15, 0.2) is 59.5 Å². The van der Waals surface area contributed by atoms with Crippen LogP contribution in [0.5, 0.6) is 11.5 Å². The van der Waals surface area contributed by atoms with Gasteiger partial charge in [-0.3, -0.25) is 9.78 Å². The van der Waals surface area contributed by atoms with Crippen LogP contribution in [0.4, 0.5) is 0 Å². The number of nitrogens with zero attached hydrogens (tertiary/aromatic N) is 2. The number of aryl methyl sites for hydroxylation is 2. The lowest BCUT2D eigenvalue weighted by molar-refractivity contribution is 0.0698. The van der Waals surface area contributed by atoms with Crippen molar-refractivity contribution in [2.24, 2.45) is 0 Å². The Balaban J connectivity index is 1.55. The maximum absolute atomic E-state index is 12.7. The molecule has 4 rings (SSSR count). The van der Waals surface area contributed by atoms with Gasteiger partial charge in [-0.1, -0.05) is 24.3 Å². The van der Waals surface area contributed by atoms with Crippen molar-refractivity contribution >= 4 is 27.6 Å². The normalized spacial score (nSPS) is 11.1. The van der Waals surface area contributed by atoms with E-state index in [0.717, 1.165) is 29.4 Å². The van der Waals surface area contributed by atoms with Gasteiger partial charge in [0.2, 0.25) is 0 Å². The zero-order chi connectivity index (χ0) is 22.7. The van der Waals surface area contributed by atoms with Gasteiger partial charge in [-0.2, -0.15) is 0 Å². The van der Waals surface area contributed by atoms with Crippen molar-refractivity contribution in [3.05, 3.63) is 76.3 Å². The van der Waals surface area contributed by atoms with Crippen molar-refractivity contribution in [2.75, 3.05) is 13.7 Å². The number of methoxy groups -OCH3 is 1. The van der Waals surface area contributed by atoms with Crippen LogP contribution < -0.4 is 15.0 Å². The molecule has 0 spiro atoms. The molecular weight excluding hydrogens is 408 g/mol. The number of aromatic carboxylic acids is 1. The number of carbonyl (C=O) groups is 1. The maximum atomic E-state index is 12.7. The molecule has 164 valence electrons. The average molecular weight is 432 g/mol. The number of ether oxygens (including phenoxy) is 2. The van der Waals surface area contributed by atoms with E-state index in [9.17, 15) is 14.7 Å². The fourth-order valence-corrected chi connectivity index (χ4v) is 3.76. The first-order valence-electron chi connectivity index (χ1n) is 10.5. The molecule has 0 amide bonds. The number of fused-ring (bicyclic) bond motifs is 2. The largest absolute Gasteiger partial charge is 0.493 e. The van der Waals surface area contributed by atoms with Crippen molar-refractivity contribution in [2.45, 2.75) is 26.3 Å². The standard InChI is InChI=1S/C25H24N2O5/c1-3-27-15-20(25(29)30)18-13-23(22(31-2)14-19(18)24(27)28)32-12-6-8-17-11-10-16-7-4-5-9-21(16)26-17/h4-5,7,9-11,13-15H,3,6,8,12H2,1-2H3,(H,29,30). The predicted octanol–water partition coefficient (Wildman–Crippen LogP) is 4.29. The third kappa shape index (κ3) is 4.14. The highest BCUT2D eigenvalue weighted by molar-refractivity contribution is 6.04. The lowest BCUT2D eigenvalue weighted by Crippen LogP contribution is -2.21. The molecule has 7 nitrogen and oxygen atoms in total. The van der Waals surface area contributed by atoms with Crippen LogP contribution in [0.25, 0.3) is 21.7 Å². The number of para-hydroxylation sites is 1. The molecule has 0 bridgehead atoms. The van der Waals surface area contributed by atoms with Crippen molar-refractivity contribution in [1.82, 2.24) is 9.55 Å². The van der Waals surface area contributed by atoms with Gasteiger partial charge < -0.3 is 19.1 Å². The Hall–Kier alpha value is -3.87. The topological polar surface area (TPSA) is 90.7 Å². The van der Waals surface area contributed by atoms with E-state index in [-0.39, 0.29) is 16.5 Å². The average Bonchev–Trinajstić information content (AvgIpc) is 2.81. The van der Waals surface area contributed by atoms with Crippen LogP contribution in [0.1, 0.15) is 29.4 Å². The van der Waals surface area contributed by atoms with Gasteiger partial charge in [0.1, 0.15) is 0 Å². The number of carboxylic acid groups (broad SMARTS) is 1. The maximum Gasteiger partial charge on any atom is 0.337 e. The summed E-state index contributed by atoms with van der Waals surface area (Å²) in [6.45, 7) is 2.56. The van der Waals surface area contributed by atoms with E-state index in [4.69, 9.17) is 9.47 Å². The van der Waals surface area contributed by atoms with Crippen LogP contribution in [0.3, 0.4) is 0 Å². The second-order valence-corrected chi connectivity index (χ2v) is 7.44. The molecule has 0 unspecified atom stereocenters. The number of carboxylic acids is 1. The predicted molar refractivity (Wildman–Crippen MR) is 123 cm³/mol. The summed E-state index contributed by atoms with van der Waals surface area (Å²) in [5.41, 5.74) is 1.72. The van der Waals surface area contributed by atoms with Gasteiger partial charge in [0.15, 0.2) is 11.5 Å². The van der Waals surface area contributed by atoms with E-state index >= 15 is 0 Å². The molecular formula is C25H24N2O5. The van der Waals surface area contributed by atoms with Gasteiger partial charge in [-0.15, -0.1) is 0 Å². The van der Waals surface area contributed by atoms with Gasteiger partial charge in [0.05, 0.1) is 30.2 Å². The molecule has 0 saturated heterocycles. The first kappa shape index (κ1) is 21.4. The summed E-state index contributed by atoms with van der Waals surface area (Å²) in [5, 5.41) is 11.4. The minimum Gasteiger partial charge on any atom is -0.493 e. The molecule has 1 N–H and O–H groups in total. The van der Waals surface area contributed by atoms with Gasteiger partial charge in [-0.25, -0.2) is 4.79 Å². The van der Waals surface area contributed by atoms with E-state index in [0.29, 0.717) is 30.0 Å². The van der Waals surface area contributed by atoms with Crippen LogP contribution in [-0.2, 0) is 13.0 Å². The molecule has 32 heavy (non-hydrogen) atoms. The minimum absolute atomic E-state index is 0.0503. The van der Waals surface area contributed by atoms with Crippen molar-refractivity contribution in [1.29, 1.82) is 0 Å². The molecule has 0 aliphatic carbocycles. The molecule has 0 aliphatic rings. The van der Waals surface area contributed by atoms with Gasteiger partial charge in [0.25, 0.3) is 5.56 Å². The molecule has 2 aromatic heterocycles. The van der Waals surface area contributed by atoms with Crippen LogP contribution in [0, 0.1) is 0 Å². The molecule has 0 radical (unpaired) electrons. The summed E-state index contributed by atoms with van der Waals surface area (Å²) >= 11 is 0. The van der Waals surface area contributed by atoms with Gasteiger partial charge in [0, 0.05) is 29.2 Å². The zero-order valence-electron chi connectivity index (χ0n) is 18.0. The molecule has 2 aromatic carbocycles. The SMILES string of the molecule is CCn1cc(C(=O)O)c2cc(OCCCc3ccc4ccccc4n3)c(OC)cc2c1=O. The summed E-state index contributed by atoms with van der Waals surface area (Å²) in [6.07, 6.45) is 2.83. The number of pyridine rings is 2. The molecule has 0 aliphatic heterocycles. The number of aromatic nitrogens is 2. The molecule has 4 aromatic rings. The second kappa shape index (κ2) is 9.09. The monoisotopic (exact) mass is 432 g/mol. The third-order valence-corrected chi connectivity index (χ3v) is 5.43. The number of hydrogen-bond donors (Lipinski definition) is 1. The number of rotatable bonds is 8. The molecule has 0 atom stereocenters. The quantitative estimate of drug-likeness (QED) is 0.418. The molecule has 0 saturated carbocycles. The van der Waals surface area contributed by atoms with E-state index in [2.05, 4.69) is 11.1 Å². The van der Waals surface area contributed by atoms with Crippen LogP contribution in [-0.4, -0.2) is 34.3 Å². The highest BCUT2D eigenvalue weighted by Gasteiger charge is 2.17. The summed E-state index contributed by atoms with van der Waals surface area (Å²) in [7, 11) is 1.49. The van der Waals surface area contributed by atoms with Gasteiger partial charge in [-0.05, 0) is 44.0 Å². The number of hydrogen-bond acceptors (Lipinski definition) is 5. The number of benzene rings is 2. The van der Waals surface area contributed by atoms with Crippen molar-refractivity contribution in [3.63, 3.8) is 0 Å². The third-order valence-electron chi connectivity index (χ3n) is 5.43. The Morgan fingerprint density at radius 2 is 1.88 bits per heavy atom. The Kier molecular flexibility index (Phi) is 6.07. The fourth-order valence-electron chi connectivity index (χ4n) is 3.76. The highest BCUT2D eigenvalue weighted by atomic mass is 16.5. The first-order valence-corrected chi connectivity index (χ1v) is 10.5. The Bertz CT molecular complexity index is 1360. The van der Waals surface area contributed by atoms with E-state index in [1.807, 2.05) is 30.3 Å². The smallest absolute Gasteiger partial charge is 0.337 e. The van der Waals surface area contributed by atoms with Crippen molar-refractivity contribution in [3.8, 4) is 11.5 Å². The van der Waals surface area contributed by atoms with E-state index in [1.165, 1.54) is 17.9 Å². The van der Waals surface area contributed by atoms with Gasteiger partial charge >= 0.3 is 5.97 Å². The summed E-state index contributed by atoms with van der Waals surface area (Å²) in [4.78, 5) is 29.1. The zero-order valence-corrected chi connectivity index (χ0v) is 18.0. The van der Waals surface area contributed by atoms with Crippen molar-refractivity contribution < 1.29 is 19.4 Å². The summed E-state index contributed by atoms with van der Waals surface area (Å²) in [6, 6.07) is 15.2. The lowest BCUT2D eigenvalue weighted by atomic mass is 10.1. The fraction of sp³-hybridized carbons (Fsp3) is 0.240. The highest BCUT2D eigenvalue weighted by Crippen LogP contribution is 2.33. The summed E-state index contributed by atoms with van der Waals surface area (Å²) < 4.78 is 12.7. The first-order chi connectivity index (χ1) is 15.5. The Labute approximate surface area is 184 Å². The van der Waals surface area contributed by atoms with Crippen LogP contribution in [0.2, 0.25) is 0 Å². The van der Waals surface area contributed by atoms with E-state index < -0.39 is 5.97 Å². The van der Waals surface area contributed by atoms with Crippen LogP contribution >= 0.6 is 0 Å². The molecule has 7 heteroatoms. The molecule has 0 fully saturated rings.